The first kappa shape index (κ1) is 12.2. The molecule has 2 N–H and O–H groups in total. The lowest BCUT2D eigenvalue weighted by atomic mass is 9.77. The van der Waals surface area contributed by atoms with Crippen LogP contribution in [0.25, 0.3) is 0 Å². The minimum Gasteiger partial charge on any atom is -0.440 e. The van der Waals surface area contributed by atoms with E-state index < -0.39 is 12.9 Å². The smallest absolute Gasteiger partial charge is 0.440 e. The Kier molecular flexibility index (Phi) is 3.83. The van der Waals surface area contributed by atoms with Crippen LogP contribution < -0.4 is 5.46 Å². The second-order valence-electron chi connectivity index (χ2n) is 3.30. The number of thioether (sulfide) groups is 1. The van der Waals surface area contributed by atoms with E-state index in [9.17, 15) is 4.39 Å². The highest BCUT2D eigenvalue weighted by Gasteiger charge is 2.17. The van der Waals surface area contributed by atoms with Crippen LogP contribution in [0.5, 0.6) is 0 Å². The SMILES string of the molecule is OB(O)c1cc(F)ccc1CSc1ncco1. The number of rotatable bonds is 4. The van der Waals surface area contributed by atoms with Gasteiger partial charge in [0.2, 0.25) is 0 Å². The van der Waals surface area contributed by atoms with Gasteiger partial charge in [-0.2, -0.15) is 0 Å². The molecule has 0 saturated heterocycles. The van der Waals surface area contributed by atoms with Gasteiger partial charge >= 0.3 is 7.12 Å². The maximum absolute atomic E-state index is 13.0. The van der Waals surface area contributed by atoms with E-state index in [1.165, 1.54) is 36.4 Å². The first-order valence-electron chi connectivity index (χ1n) is 4.83. The van der Waals surface area contributed by atoms with Crippen molar-refractivity contribution in [3.05, 3.63) is 42.0 Å². The quantitative estimate of drug-likeness (QED) is 0.622. The Morgan fingerprint density at radius 2 is 2.24 bits per heavy atom. The molecule has 0 atom stereocenters. The molecule has 0 fully saturated rings. The number of halogens is 1. The van der Waals surface area contributed by atoms with E-state index >= 15 is 0 Å². The number of oxazole rings is 1. The molecule has 0 radical (unpaired) electrons. The Hall–Kier alpha value is -1.31. The molecule has 2 rings (SSSR count). The summed E-state index contributed by atoms with van der Waals surface area (Å²) in [4.78, 5) is 3.92. The highest BCUT2D eigenvalue weighted by Crippen LogP contribution is 2.20. The zero-order valence-corrected chi connectivity index (χ0v) is 9.52. The van der Waals surface area contributed by atoms with E-state index in [1.807, 2.05) is 0 Å². The Morgan fingerprint density at radius 3 is 2.88 bits per heavy atom. The fourth-order valence-electron chi connectivity index (χ4n) is 1.36. The highest BCUT2D eigenvalue weighted by atomic mass is 32.2. The Morgan fingerprint density at radius 1 is 1.41 bits per heavy atom. The van der Waals surface area contributed by atoms with Gasteiger partial charge in [0.25, 0.3) is 5.22 Å². The molecule has 0 aliphatic carbocycles. The van der Waals surface area contributed by atoms with Gasteiger partial charge in [-0.1, -0.05) is 17.8 Å². The van der Waals surface area contributed by atoms with Crippen molar-refractivity contribution in [2.75, 3.05) is 0 Å². The van der Waals surface area contributed by atoms with Crippen LogP contribution in [0.3, 0.4) is 0 Å². The molecule has 0 aliphatic rings. The fraction of sp³-hybridized carbons (Fsp3) is 0.100. The summed E-state index contributed by atoms with van der Waals surface area (Å²) < 4.78 is 18.0. The minimum absolute atomic E-state index is 0.157. The van der Waals surface area contributed by atoms with Crippen LogP contribution in [0, 0.1) is 5.82 Å². The maximum atomic E-state index is 13.0. The van der Waals surface area contributed by atoms with Crippen molar-refractivity contribution in [3.63, 3.8) is 0 Å². The fourth-order valence-corrected chi connectivity index (χ4v) is 2.16. The van der Waals surface area contributed by atoms with Gasteiger partial charge in [-0.3, -0.25) is 0 Å². The summed E-state index contributed by atoms with van der Waals surface area (Å²) in [6.45, 7) is 0. The predicted molar refractivity (Wildman–Crippen MR) is 62.3 cm³/mol. The summed E-state index contributed by atoms with van der Waals surface area (Å²) in [6, 6.07) is 3.90. The van der Waals surface area contributed by atoms with Gasteiger partial charge in [0.05, 0.1) is 6.20 Å². The van der Waals surface area contributed by atoms with Crippen LogP contribution in [0.1, 0.15) is 5.56 Å². The minimum atomic E-state index is -1.69. The van der Waals surface area contributed by atoms with Crippen molar-refractivity contribution in [1.29, 1.82) is 0 Å². The average molecular weight is 253 g/mol. The molecule has 0 unspecified atom stereocenters. The van der Waals surface area contributed by atoms with Crippen LogP contribution in [-0.4, -0.2) is 22.2 Å². The molecule has 2 aromatic rings. The second-order valence-corrected chi connectivity index (χ2v) is 4.23. The first-order valence-corrected chi connectivity index (χ1v) is 5.82. The number of hydrogen-bond donors (Lipinski definition) is 2. The van der Waals surface area contributed by atoms with Crippen LogP contribution >= 0.6 is 11.8 Å². The molecule has 0 spiro atoms. The lowest BCUT2D eigenvalue weighted by molar-refractivity contribution is 0.425. The topological polar surface area (TPSA) is 66.5 Å². The zero-order valence-electron chi connectivity index (χ0n) is 8.71. The van der Waals surface area contributed by atoms with Crippen molar-refractivity contribution in [3.8, 4) is 0 Å². The molecule has 88 valence electrons. The summed E-state index contributed by atoms with van der Waals surface area (Å²) in [5, 5.41) is 18.7. The van der Waals surface area contributed by atoms with Crippen molar-refractivity contribution in [2.24, 2.45) is 0 Å². The molecule has 0 aliphatic heterocycles. The van der Waals surface area contributed by atoms with E-state index in [2.05, 4.69) is 4.98 Å². The maximum Gasteiger partial charge on any atom is 0.488 e. The summed E-state index contributed by atoms with van der Waals surface area (Å²) in [5.41, 5.74) is 0.786. The molecule has 17 heavy (non-hydrogen) atoms. The molecular weight excluding hydrogens is 244 g/mol. The van der Waals surface area contributed by atoms with Crippen LogP contribution in [0.4, 0.5) is 4.39 Å². The Bertz CT molecular complexity index is 492. The molecule has 1 heterocycles. The largest absolute Gasteiger partial charge is 0.488 e. The van der Waals surface area contributed by atoms with E-state index in [1.54, 1.807) is 0 Å². The monoisotopic (exact) mass is 253 g/mol. The van der Waals surface area contributed by atoms with Gasteiger partial charge in [0.15, 0.2) is 0 Å². The second kappa shape index (κ2) is 5.35. The van der Waals surface area contributed by atoms with Crippen LogP contribution in [-0.2, 0) is 5.75 Å². The van der Waals surface area contributed by atoms with Gasteiger partial charge in [-0.05, 0) is 23.2 Å². The normalized spacial score (nSPS) is 10.5. The third-order valence-corrected chi connectivity index (χ3v) is 3.05. The van der Waals surface area contributed by atoms with E-state index in [-0.39, 0.29) is 5.46 Å². The lowest BCUT2D eigenvalue weighted by Crippen LogP contribution is -2.33. The van der Waals surface area contributed by atoms with Gasteiger partial charge in [-0.25, -0.2) is 9.37 Å². The van der Waals surface area contributed by atoms with Crippen LogP contribution in [0.2, 0.25) is 0 Å². The van der Waals surface area contributed by atoms with Gasteiger partial charge in [0.1, 0.15) is 12.1 Å². The molecule has 0 saturated carbocycles. The Balaban J connectivity index is 2.14. The summed E-state index contributed by atoms with van der Waals surface area (Å²) >= 11 is 1.30. The molecule has 0 bridgehead atoms. The summed E-state index contributed by atoms with van der Waals surface area (Å²) in [5.74, 6) is -0.0775. The lowest BCUT2D eigenvalue weighted by Gasteiger charge is -2.07. The molecule has 0 amide bonds. The number of benzene rings is 1. The summed E-state index contributed by atoms with van der Waals surface area (Å²) in [7, 11) is -1.69. The van der Waals surface area contributed by atoms with Gasteiger partial charge in [-0.15, -0.1) is 0 Å². The molecule has 1 aromatic carbocycles. The number of nitrogens with zero attached hydrogens (tertiary/aromatic N) is 1. The molecule has 1 aromatic heterocycles. The third kappa shape index (κ3) is 3.09. The van der Waals surface area contributed by atoms with Crippen molar-refractivity contribution < 1.29 is 18.9 Å². The van der Waals surface area contributed by atoms with E-state index in [0.29, 0.717) is 16.5 Å². The van der Waals surface area contributed by atoms with Crippen molar-refractivity contribution >= 4 is 24.3 Å². The van der Waals surface area contributed by atoms with Crippen molar-refractivity contribution in [1.82, 2.24) is 4.98 Å². The Labute approximate surface area is 102 Å². The third-order valence-electron chi connectivity index (χ3n) is 2.15. The molecule has 7 heteroatoms. The summed E-state index contributed by atoms with van der Waals surface area (Å²) in [6.07, 6.45) is 2.98. The highest BCUT2D eigenvalue weighted by molar-refractivity contribution is 7.98. The standard InChI is InChI=1S/C10H9BFNO3S/c12-8-2-1-7(9(5-8)11(14)15)6-17-10-13-3-4-16-10/h1-5,14-15H,6H2. The van der Waals surface area contributed by atoms with E-state index in [0.717, 1.165) is 6.07 Å². The predicted octanol–water partition coefficient (Wildman–Crippen LogP) is 0.786. The van der Waals surface area contributed by atoms with Crippen molar-refractivity contribution in [2.45, 2.75) is 11.0 Å². The molecule has 4 nitrogen and oxygen atoms in total. The van der Waals surface area contributed by atoms with Gasteiger partial charge < -0.3 is 14.5 Å². The average Bonchev–Trinajstić information content (AvgIpc) is 2.80. The molecular formula is C10H9BFNO3S. The number of aromatic nitrogens is 1. The first-order chi connectivity index (χ1) is 8.16. The van der Waals surface area contributed by atoms with Gasteiger partial charge in [0, 0.05) is 5.75 Å². The zero-order chi connectivity index (χ0) is 12.3. The van der Waals surface area contributed by atoms with E-state index in [4.69, 9.17) is 14.5 Å². The number of hydrogen-bond acceptors (Lipinski definition) is 5. The van der Waals surface area contributed by atoms with Crippen LogP contribution in [0.15, 0.2) is 40.3 Å².